The number of hydrogen-bond acceptors (Lipinski definition) is 1. The normalized spacial score (nSPS) is 45.4. The molecule has 1 nitrogen and oxygen atoms in total. The van der Waals surface area contributed by atoms with E-state index in [0.29, 0.717) is 0 Å². The molecule has 0 amide bonds. The van der Waals surface area contributed by atoms with Crippen LogP contribution in [0.2, 0.25) is 0 Å². The van der Waals surface area contributed by atoms with Crippen LogP contribution in [-0.4, -0.2) is 11.2 Å². The molecule has 2 fully saturated rings. The average molecular weight is 258 g/mol. The standard InChI is InChI=1S/C18H26O/c1-11-2-5-16-14(11)8-9-17-15-7-4-13(19)10-12(15)3-6-18(16)17/h10,13,15-19H,2-9H2,1H3/t13-,15-,16?,17?,18?/m0/s1. The molecule has 4 aliphatic rings. The van der Waals surface area contributed by atoms with Crippen LogP contribution >= 0.6 is 0 Å². The van der Waals surface area contributed by atoms with Gasteiger partial charge in [0.15, 0.2) is 0 Å². The van der Waals surface area contributed by atoms with Crippen LogP contribution in [0.5, 0.6) is 0 Å². The third-order valence-electron chi connectivity index (χ3n) is 6.58. The predicted octanol–water partition coefficient (Wildman–Crippen LogP) is 4.23. The Labute approximate surface area is 116 Å². The minimum absolute atomic E-state index is 0.143. The van der Waals surface area contributed by atoms with E-state index in [4.69, 9.17) is 0 Å². The van der Waals surface area contributed by atoms with Crippen LogP contribution in [0.4, 0.5) is 0 Å². The number of hydrogen-bond donors (Lipinski definition) is 1. The van der Waals surface area contributed by atoms with Gasteiger partial charge in [-0.15, -0.1) is 0 Å². The van der Waals surface area contributed by atoms with E-state index in [0.717, 1.165) is 30.1 Å². The van der Waals surface area contributed by atoms with Crippen molar-refractivity contribution in [2.75, 3.05) is 0 Å². The van der Waals surface area contributed by atoms with Crippen LogP contribution in [0.3, 0.4) is 0 Å². The summed E-state index contributed by atoms with van der Waals surface area (Å²) in [5, 5.41) is 9.85. The summed E-state index contributed by atoms with van der Waals surface area (Å²) in [6.45, 7) is 2.38. The number of rotatable bonds is 0. The lowest BCUT2D eigenvalue weighted by Crippen LogP contribution is -2.39. The summed E-state index contributed by atoms with van der Waals surface area (Å²) in [4.78, 5) is 0. The van der Waals surface area contributed by atoms with Crippen molar-refractivity contribution in [3.8, 4) is 0 Å². The summed E-state index contributed by atoms with van der Waals surface area (Å²) in [6.07, 6.45) is 12.6. The Morgan fingerprint density at radius 3 is 2.58 bits per heavy atom. The highest BCUT2D eigenvalue weighted by molar-refractivity contribution is 5.28. The molecule has 3 unspecified atom stereocenters. The summed E-state index contributed by atoms with van der Waals surface area (Å²) in [5.74, 6) is 3.67. The second kappa shape index (κ2) is 4.48. The minimum Gasteiger partial charge on any atom is -0.389 e. The van der Waals surface area contributed by atoms with Crippen LogP contribution in [-0.2, 0) is 0 Å². The molecule has 4 aliphatic carbocycles. The molecular formula is C18H26O. The van der Waals surface area contributed by atoms with Crippen LogP contribution < -0.4 is 0 Å². The smallest absolute Gasteiger partial charge is 0.0723 e. The summed E-state index contributed by atoms with van der Waals surface area (Å²) in [7, 11) is 0. The molecule has 0 aliphatic heterocycles. The molecule has 19 heavy (non-hydrogen) atoms. The molecule has 0 radical (unpaired) electrons. The lowest BCUT2D eigenvalue weighted by molar-refractivity contribution is 0.0899. The van der Waals surface area contributed by atoms with Crippen molar-refractivity contribution < 1.29 is 5.11 Å². The van der Waals surface area contributed by atoms with Gasteiger partial charge in [0, 0.05) is 0 Å². The zero-order valence-corrected chi connectivity index (χ0v) is 12.1. The largest absolute Gasteiger partial charge is 0.389 e. The Balaban J connectivity index is 1.62. The maximum atomic E-state index is 9.85. The van der Waals surface area contributed by atoms with Gasteiger partial charge in [0.05, 0.1) is 6.10 Å². The molecule has 0 aromatic rings. The van der Waals surface area contributed by atoms with Crippen molar-refractivity contribution in [2.24, 2.45) is 23.7 Å². The fraction of sp³-hybridized carbons (Fsp3) is 0.778. The number of aliphatic hydroxyl groups is 1. The van der Waals surface area contributed by atoms with Gasteiger partial charge in [-0.2, -0.15) is 0 Å². The number of aliphatic hydroxyl groups excluding tert-OH is 1. The first kappa shape index (κ1) is 12.2. The Bertz CT molecular complexity index is 445. The lowest BCUT2D eigenvalue weighted by Gasteiger charge is -2.48. The molecule has 1 heteroatoms. The van der Waals surface area contributed by atoms with Gasteiger partial charge in [-0.3, -0.25) is 0 Å². The van der Waals surface area contributed by atoms with Gasteiger partial charge in [-0.05, 0) is 82.0 Å². The van der Waals surface area contributed by atoms with Crippen molar-refractivity contribution in [3.05, 3.63) is 22.8 Å². The van der Waals surface area contributed by atoms with Crippen LogP contribution in [0.15, 0.2) is 22.8 Å². The number of fused-ring (bicyclic) bond motifs is 5. The molecule has 2 saturated carbocycles. The Morgan fingerprint density at radius 1 is 0.895 bits per heavy atom. The van der Waals surface area contributed by atoms with Crippen LogP contribution in [0, 0.1) is 23.7 Å². The van der Waals surface area contributed by atoms with Crippen LogP contribution in [0.25, 0.3) is 0 Å². The van der Waals surface area contributed by atoms with E-state index < -0.39 is 0 Å². The van der Waals surface area contributed by atoms with Crippen molar-refractivity contribution in [1.29, 1.82) is 0 Å². The summed E-state index contributed by atoms with van der Waals surface area (Å²) < 4.78 is 0. The van der Waals surface area contributed by atoms with Gasteiger partial charge in [0.25, 0.3) is 0 Å². The van der Waals surface area contributed by atoms with Crippen molar-refractivity contribution in [1.82, 2.24) is 0 Å². The monoisotopic (exact) mass is 258 g/mol. The van der Waals surface area contributed by atoms with Crippen molar-refractivity contribution >= 4 is 0 Å². The molecule has 0 bridgehead atoms. The molecule has 0 spiro atoms. The summed E-state index contributed by atoms with van der Waals surface area (Å²) >= 11 is 0. The molecule has 1 N–H and O–H groups in total. The third kappa shape index (κ3) is 1.85. The summed E-state index contributed by atoms with van der Waals surface area (Å²) in [6, 6.07) is 0. The molecule has 4 rings (SSSR count). The van der Waals surface area contributed by atoms with Crippen molar-refractivity contribution in [3.63, 3.8) is 0 Å². The lowest BCUT2D eigenvalue weighted by atomic mass is 9.57. The quantitative estimate of drug-likeness (QED) is 0.645. The van der Waals surface area contributed by atoms with Crippen LogP contribution in [0.1, 0.15) is 58.3 Å². The average Bonchev–Trinajstić information content (AvgIpc) is 2.80. The van der Waals surface area contributed by atoms with E-state index in [1.54, 1.807) is 11.1 Å². The second-order valence-electron chi connectivity index (χ2n) is 7.35. The van der Waals surface area contributed by atoms with E-state index >= 15 is 0 Å². The minimum atomic E-state index is -0.143. The fourth-order valence-electron chi connectivity index (χ4n) is 5.72. The maximum absolute atomic E-state index is 9.85. The van der Waals surface area contributed by atoms with E-state index in [1.807, 2.05) is 5.57 Å². The first-order valence-corrected chi connectivity index (χ1v) is 8.31. The molecule has 5 atom stereocenters. The zero-order valence-electron chi connectivity index (χ0n) is 12.1. The molecule has 0 heterocycles. The van der Waals surface area contributed by atoms with Gasteiger partial charge in [-0.25, -0.2) is 0 Å². The van der Waals surface area contributed by atoms with Gasteiger partial charge < -0.3 is 5.11 Å². The summed E-state index contributed by atoms with van der Waals surface area (Å²) in [5.41, 5.74) is 5.19. The molecule has 0 aromatic heterocycles. The van der Waals surface area contributed by atoms with Crippen molar-refractivity contribution in [2.45, 2.75) is 64.4 Å². The zero-order chi connectivity index (χ0) is 13.0. The highest BCUT2D eigenvalue weighted by Gasteiger charge is 2.45. The topological polar surface area (TPSA) is 20.2 Å². The molecule has 104 valence electrons. The van der Waals surface area contributed by atoms with Gasteiger partial charge in [-0.1, -0.05) is 22.8 Å². The molecular weight excluding hydrogens is 232 g/mol. The Hall–Kier alpha value is -0.560. The first-order chi connectivity index (χ1) is 9.24. The van der Waals surface area contributed by atoms with E-state index in [9.17, 15) is 5.11 Å². The van der Waals surface area contributed by atoms with E-state index in [1.165, 1.54) is 44.9 Å². The maximum Gasteiger partial charge on any atom is 0.0723 e. The van der Waals surface area contributed by atoms with Gasteiger partial charge >= 0.3 is 0 Å². The highest BCUT2D eigenvalue weighted by Crippen LogP contribution is 2.56. The van der Waals surface area contributed by atoms with E-state index in [2.05, 4.69) is 13.0 Å². The van der Waals surface area contributed by atoms with E-state index in [-0.39, 0.29) is 6.10 Å². The predicted molar refractivity (Wildman–Crippen MR) is 77.7 cm³/mol. The SMILES string of the molecule is CC1=C2CCC3C(CCC4=C[C@@H](O)CC[C@@H]43)C2CC1. The van der Waals surface area contributed by atoms with Gasteiger partial charge in [0.2, 0.25) is 0 Å². The molecule has 0 aromatic carbocycles. The highest BCUT2D eigenvalue weighted by atomic mass is 16.3. The fourth-order valence-corrected chi connectivity index (χ4v) is 5.72. The molecule has 0 saturated heterocycles. The second-order valence-corrected chi connectivity index (χ2v) is 7.35. The first-order valence-electron chi connectivity index (χ1n) is 8.31. The van der Waals surface area contributed by atoms with Gasteiger partial charge in [0.1, 0.15) is 0 Å². The Morgan fingerprint density at radius 2 is 1.68 bits per heavy atom. The third-order valence-corrected chi connectivity index (χ3v) is 6.58. The Kier molecular flexibility index (Phi) is 2.88. The number of allylic oxidation sites excluding steroid dienone is 3.